The second-order valence-corrected chi connectivity index (χ2v) is 6.73. The van der Waals surface area contributed by atoms with E-state index in [4.69, 9.17) is 11.6 Å². The molecule has 0 aromatic heterocycles. The SMILES string of the molecule is Cc1cccc(NC(=O)C(C)(C)C(=O)Nc2cccc(Cl)c2)c1C. The van der Waals surface area contributed by atoms with Gasteiger partial charge in [0.15, 0.2) is 0 Å². The van der Waals surface area contributed by atoms with Gasteiger partial charge in [-0.05, 0) is 63.1 Å². The fraction of sp³-hybridized carbons (Fsp3) is 0.263. The molecule has 0 unspecified atom stereocenters. The third-order valence-electron chi connectivity index (χ3n) is 4.07. The first kappa shape index (κ1) is 18.0. The van der Waals surface area contributed by atoms with E-state index in [2.05, 4.69) is 10.6 Å². The lowest BCUT2D eigenvalue weighted by molar-refractivity contribution is -0.135. The molecule has 5 heteroatoms. The Labute approximate surface area is 147 Å². The Kier molecular flexibility index (Phi) is 5.30. The zero-order valence-corrected chi connectivity index (χ0v) is 15.0. The summed E-state index contributed by atoms with van der Waals surface area (Å²) in [7, 11) is 0. The summed E-state index contributed by atoms with van der Waals surface area (Å²) in [6.45, 7) is 7.09. The van der Waals surface area contributed by atoms with Gasteiger partial charge in [-0.2, -0.15) is 0 Å². The number of hydrogen-bond donors (Lipinski definition) is 2. The van der Waals surface area contributed by atoms with Crippen molar-refractivity contribution in [2.45, 2.75) is 27.7 Å². The van der Waals surface area contributed by atoms with Crippen LogP contribution in [0.2, 0.25) is 5.02 Å². The third-order valence-corrected chi connectivity index (χ3v) is 4.31. The highest BCUT2D eigenvalue weighted by Gasteiger charge is 2.36. The molecular weight excluding hydrogens is 324 g/mol. The smallest absolute Gasteiger partial charge is 0.239 e. The number of nitrogens with one attached hydrogen (secondary N) is 2. The molecule has 0 atom stereocenters. The van der Waals surface area contributed by atoms with Crippen LogP contribution in [-0.4, -0.2) is 11.8 Å². The fourth-order valence-electron chi connectivity index (χ4n) is 2.12. The molecule has 0 fully saturated rings. The molecule has 0 saturated heterocycles. The maximum Gasteiger partial charge on any atom is 0.239 e. The molecule has 0 aliphatic heterocycles. The van der Waals surface area contributed by atoms with E-state index >= 15 is 0 Å². The van der Waals surface area contributed by atoms with Crippen LogP contribution in [0.5, 0.6) is 0 Å². The van der Waals surface area contributed by atoms with Crippen molar-refractivity contribution < 1.29 is 9.59 Å². The Morgan fingerprint density at radius 1 is 0.958 bits per heavy atom. The summed E-state index contributed by atoms with van der Waals surface area (Å²) in [4.78, 5) is 25.1. The number of carbonyl (C=O) groups is 2. The zero-order valence-electron chi connectivity index (χ0n) is 14.2. The Balaban J connectivity index is 2.14. The van der Waals surface area contributed by atoms with Crippen LogP contribution in [0.3, 0.4) is 0 Å². The van der Waals surface area contributed by atoms with E-state index < -0.39 is 11.3 Å². The average Bonchev–Trinajstić information content (AvgIpc) is 2.51. The number of carbonyl (C=O) groups excluding carboxylic acids is 2. The molecule has 24 heavy (non-hydrogen) atoms. The van der Waals surface area contributed by atoms with Gasteiger partial charge in [0.25, 0.3) is 0 Å². The normalized spacial score (nSPS) is 11.0. The highest BCUT2D eigenvalue weighted by molar-refractivity contribution is 6.31. The van der Waals surface area contributed by atoms with Gasteiger partial charge in [0.05, 0.1) is 0 Å². The number of anilines is 2. The molecule has 0 aliphatic rings. The van der Waals surface area contributed by atoms with Gasteiger partial charge in [-0.15, -0.1) is 0 Å². The highest BCUT2D eigenvalue weighted by Crippen LogP contribution is 2.25. The minimum atomic E-state index is -1.24. The first-order valence-corrected chi connectivity index (χ1v) is 8.04. The van der Waals surface area contributed by atoms with Crippen LogP contribution < -0.4 is 10.6 Å². The second kappa shape index (κ2) is 7.05. The summed E-state index contributed by atoms with van der Waals surface area (Å²) < 4.78 is 0. The number of benzene rings is 2. The minimum absolute atomic E-state index is 0.365. The van der Waals surface area contributed by atoms with E-state index in [1.54, 1.807) is 38.1 Å². The van der Waals surface area contributed by atoms with Gasteiger partial charge >= 0.3 is 0 Å². The van der Waals surface area contributed by atoms with Gasteiger partial charge in [-0.3, -0.25) is 9.59 Å². The standard InChI is InChI=1S/C19H21ClN2O2/c1-12-7-5-10-16(13(12)2)22-18(24)19(3,4)17(23)21-15-9-6-8-14(20)11-15/h5-11H,1-4H3,(H,21,23)(H,22,24). The van der Waals surface area contributed by atoms with E-state index in [0.29, 0.717) is 16.4 Å². The fourth-order valence-corrected chi connectivity index (χ4v) is 2.31. The summed E-state index contributed by atoms with van der Waals surface area (Å²) in [6, 6.07) is 12.5. The van der Waals surface area contributed by atoms with Crippen LogP contribution >= 0.6 is 11.6 Å². The lowest BCUT2D eigenvalue weighted by Crippen LogP contribution is -2.41. The van der Waals surface area contributed by atoms with Gasteiger partial charge in [0.1, 0.15) is 5.41 Å². The molecule has 4 nitrogen and oxygen atoms in total. The van der Waals surface area contributed by atoms with Gasteiger partial charge in [0, 0.05) is 16.4 Å². The van der Waals surface area contributed by atoms with Crippen LogP contribution in [0.1, 0.15) is 25.0 Å². The van der Waals surface area contributed by atoms with E-state index in [1.807, 2.05) is 32.0 Å². The molecule has 0 heterocycles. The van der Waals surface area contributed by atoms with Crippen molar-refractivity contribution in [3.63, 3.8) is 0 Å². The second-order valence-electron chi connectivity index (χ2n) is 6.29. The van der Waals surface area contributed by atoms with Crippen molar-refractivity contribution in [3.05, 3.63) is 58.6 Å². The summed E-state index contributed by atoms with van der Waals surface area (Å²) >= 11 is 5.91. The monoisotopic (exact) mass is 344 g/mol. The molecule has 2 rings (SSSR count). The molecule has 0 radical (unpaired) electrons. The molecule has 0 saturated carbocycles. The molecule has 2 aromatic carbocycles. The Morgan fingerprint density at radius 2 is 1.58 bits per heavy atom. The van der Waals surface area contributed by atoms with Crippen LogP contribution in [0.4, 0.5) is 11.4 Å². The van der Waals surface area contributed by atoms with Crippen molar-refractivity contribution in [2.24, 2.45) is 5.41 Å². The molecule has 2 amide bonds. The quantitative estimate of drug-likeness (QED) is 0.799. The number of halogens is 1. The van der Waals surface area contributed by atoms with Crippen LogP contribution in [0.15, 0.2) is 42.5 Å². The number of rotatable bonds is 4. The molecule has 0 aliphatic carbocycles. The minimum Gasteiger partial charge on any atom is -0.325 e. The number of hydrogen-bond acceptors (Lipinski definition) is 2. The summed E-state index contributed by atoms with van der Waals surface area (Å²) in [6.07, 6.45) is 0. The molecule has 2 aromatic rings. The topological polar surface area (TPSA) is 58.2 Å². The van der Waals surface area contributed by atoms with Crippen molar-refractivity contribution in [3.8, 4) is 0 Å². The van der Waals surface area contributed by atoms with Gasteiger partial charge < -0.3 is 10.6 Å². The predicted octanol–water partition coefficient (Wildman–Crippen LogP) is 4.56. The Morgan fingerprint density at radius 3 is 2.25 bits per heavy atom. The van der Waals surface area contributed by atoms with Crippen LogP contribution in [-0.2, 0) is 9.59 Å². The van der Waals surface area contributed by atoms with E-state index in [0.717, 1.165) is 11.1 Å². The predicted molar refractivity (Wildman–Crippen MR) is 98.4 cm³/mol. The highest BCUT2D eigenvalue weighted by atomic mass is 35.5. The van der Waals surface area contributed by atoms with E-state index in [-0.39, 0.29) is 5.91 Å². The van der Waals surface area contributed by atoms with Crippen LogP contribution in [0.25, 0.3) is 0 Å². The summed E-state index contributed by atoms with van der Waals surface area (Å²) in [5, 5.41) is 6.09. The number of aryl methyl sites for hydroxylation is 1. The lowest BCUT2D eigenvalue weighted by Gasteiger charge is -2.23. The first-order chi connectivity index (χ1) is 11.2. The summed E-state index contributed by atoms with van der Waals surface area (Å²) in [5.74, 6) is -0.761. The first-order valence-electron chi connectivity index (χ1n) is 7.66. The number of amides is 2. The molecular formula is C19H21ClN2O2. The molecule has 2 N–H and O–H groups in total. The van der Waals surface area contributed by atoms with E-state index in [9.17, 15) is 9.59 Å². The Bertz CT molecular complexity index is 785. The molecule has 0 bridgehead atoms. The van der Waals surface area contributed by atoms with Crippen molar-refractivity contribution in [1.82, 2.24) is 0 Å². The van der Waals surface area contributed by atoms with Crippen LogP contribution in [0, 0.1) is 19.3 Å². The molecule has 126 valence electrons. The van der Waals surface area contributed by atoms with E-state index in [1.165, 1.54) is 0 Å². The largest absolute Gasteiger partial charge is 0.325 e. The van der Waals surface area contributed by atoms with Crippen molar-refractivity contribution in [1.29, 1.82) is 0 Å². The Hall–Kier alpha value is -2.33. The van der Waals surface area contributed by atoms with Crippen molar-refractivity contribution in [2.75, 3.05) is 10.6 Å². The van der Waals surface area contributed by atoms with Gasteiger partial charge in [-0.25, -0.2) is 0 Å². The maximum atomic E-state index is 12.6. The van der Waals surface area contributed by atoms with Gasteiger partial charge in [0.2, 0.25) is 11.8 Å². The maximum absolute atomic E-state index is 12.6. The van der Waals surface area contributed by atoms with Crippen molar-refractivity contribution >= 4 is 34.8 Å². The zero-order chi connectivity index (χ0) is 17.9. The lowest BCUT2D eigenvalue weighted by atomic mass is 9.90. The molecule has 0 spiro atoms. The third kappa shape index (κ3) is 3.95. The summed E-state index contributed by atoms with van der Waals surface area (Å²) in [5.41, 5.74) is 2.09. The van der Waals surface area contributed by atoms with Gasteiger partial charge in [-0.1, -0.05) is 29.8 Å². The average molecular weight is 345 g/mol.